The van der Waals surface area contributed by atoms with E-state index in [1.807, 2.05) is 6.92 Å². The molecule has 1 amide bonds. The van der Waals surface area contributed by atoms with Gasteiger partial charge in [-0.2, -0.15) is 0 Å². The number of nitrogens with one attached hydrogen (secondary N) is 2. The second-order valence-electron chi connectivity index (χ2n) is 3.85. The molecule has 1 atom stereocenters. The Balaban J connectivity index is 3.80. The molecule has 0 saturated carbocycles. The van der Waals surface area contributed by atoms with E-state index in [2.05, 4.69) is 32.7 Å². The molecular formula is C10H22N3O5PS3. The summed E-state index contributed by atoms with van der Waals surface area (Å²) < 4.78 is 24.6. The van der Waals surface area contributed by atoms with Crippen molar-refractivity contribution < 1.29 is 23.2 Å². The molecule has 0 saturated heterocycles. The van der Waals surface area contributed by atoms with Gasteiger partial charge in [-0.3, -0.25) is 10.2 Å². The molecular weight excluding hydrogens is 369 g/mol. The summed E-state index contributed by atoms with van der Waals surface area (Å²) in [6.45, 7) is 0.0689. The van der Waals surface area contributed by atoms with Gasteiger partial charge < -0.3 is 13.6 Å². The number of nitrogens with zero attached hydrogens (tertiary/aromatic N) is 1. The van der Waals surface area contributed by atoms with E-state index in [1.165, 1.54) is 14.2 Å². The summed E-state index contributed by atoms with van der Waals surface area (Å²) in [5.74, 6) is -0.0922. The maximum absolute atomic E-state index is 11.6. The molecule has 22 heavy (non-hydrogen) atoms. The Bertz CT molecular complexity index is 405. The zero-order valence-electron chi connectivity index (χ0n) is 12.7. The minimum Gasteiger partial charge on any atom is -0.597 e. The van der Waals surface area contributed by atoms with Crippen molar-refractivity contribution in [2.24, 2.45) is 5.16 Å². The Morgan fingerprint density at radius 3 is 2.64 bits per heavy atom. The molecule has 0 spiro atoms. The standard InChI is InChI=1S/C10H22N3O5PS3/c1-4-9(20)13-18-10(14)11-8-22(15)12-6-5-7-19(21,16-2)17-3/h12H,4-8H2,1-3H3,(H,11,14)(H,13,20). The largest absolute Gasteiger partial charge is 0.597 e. The van der Waals surface area contributed by atoms with Crippen molar-refractivity contribution in [1.29, 1.82) is 0 Å². The molecule has 8 nitrogen and oxygen atoms in total. The van der Waals surface area contributed by atoms with Crippen molar-refractivity contribution in [3.63, 3.8) is 0 Å². The number of rotatable bonds is 11. The second kappa shape index (κ2) is 12.5. The van der Waals surface area contributed by atoms with Gasteiger partial charge in [0.1, 0.15) is 5.04 Å². The van der Waals surface area contributed by atoms with Crippen LogP contribution in [0.3, 0.4) is 0 Å². The van der Waals surface area contributed by atoms with Gasteiger partial charge in [0.25, 0.3) is 0 Å². The smallest absolute Gasteiger partial charge is 0.437 e. The first-order chi connectivity index (χ1) is 10.4. The number of carbonyl (C=O) groups is 1. The van der Waals surface area contributed by atoms with Crippen LogP contribution in [-0.2, 0) is 37.1 Å². The van der Waals surface area contributed by atoms with Gasteiger partial charge in [0.05, 0.1) is 11.4 Å². The Labute approximate surface area is 144 Å². The minimum absolute atomic E-state index is 0.0922. The van der Waals surface area contributed by atoms with Crippen molar-refractivity contribution in [3.8, 4) is 0 Å². The van der Waals surface area contributed by atoms with Gasteiger partial charge >= 0.3 is 6.09 Å². The van der Waals surface area contributed by atoms with E-state index in [-0.39, 0.29) is 5.88 Å². The molecule has 0 aliphatic carbocycles. The summed E-state index contributed by atoms with van der Waals surface area (Å²) in [5, 5.41) is 6.16. The lowest BCUT2D eigenvalue weighted by Crippen LogP contribution is -2.37. The highest BCUT2D eigenvalue weighted by molar-refractivity contribution is 8.09. The lowest BCUT2D eigenvalue weighted by molar-refractivity contribution is 0.152. The Kier molecular flexibility index (Phi) is 12.6. The fourth-order valence-corrected chi connectivity index (χ4v) is 3.29. The Morgan fingerprint density at radius 1 is 1.45 bits per heavy atom. The van der Waals surface area contributed by atoms with E-state index in [0.717, 1.165) is 0 Å². The van der Waals surface area contributed by atoms with Crippen LogP contribution in [0, 0.1) is 0 Å². The van der Waals surface area contributed by atoms with Crippen LogP contribution in [0.1, 0.15) is 19.8 Å². The van der Waals surface area contributed by atoms with Gasteiger partial charge in [0.15, 0.2) is 6.49 Å². The third-order valence-electron chi connectivity index (χ3n) is 2.33. The first kappa shape index (κ1) is 22.1. The summed E-state index contributed by atoms with van der Waals surface area (Å²) in [6.07, 6.45) is 0.994. The molecule has 0 aromatic heterocycles. The number of thiol groups is 1. The zero-order valence-corrected chi connectivity index (χ0v) is 16.2. The van der Waals surface area contributed by atoms with Crippen LogP contribution >= 0.6 is 19.1 Å². The molecule has 12 heteroatoms. The van der Waals surface area contributed by atoms with Crippen LogP contribution in [0.15, 0.2) is 5.16 Å². The zero-order chi connectivity index (χ0) is 17.0. The summed E-state index contributed by atoms with van der Waals surface area (Å²) in [6, 6.07) is 0. The van der Waals surface area contributed by atoms with Crippen molar-refractivity contribution >= 4 is 53.4 Å². The molecule has 1 unspecified atom stereocenters. The summed E-state index contributed by atoms with van der Waals surface area (Å²) in [4.78, 5) is 15.7. The van der Waals surface area contributed by atoms with Crippen molar-refractivity contribution in [1.82, 2.24) is 10.0 Å². The van der Waals surface area contributed by atoms with Crippen LogP contribution in [-0.4, -0.2) is 48.5 Å². The van der Waals surface area contributed by atoms with E-state index < -0.39 is 23.9 Å². The van der Waals surface area contributed by atoms with Gasteiger partial charge in [-0.15, -0.1) is 17.4 Å². The predicted molar refractivity (Wildman–Crippen MR) is 95.1 cm³/mol. The fraction of sp³-hybridized carbons (Fsp3) is 0.800. The third kappa shape index (κ3) is 10.8. The van der Waals surface area contributed by atoms with Crippen molar-refractivity contribution in [2.45, 2.75) is 19.8 Å². The van der Waals surface area contributed by atoms with Gasteiger partial charge in [-0.1, -0.05) is 12.1 Å². The van der Waals surface area contributed by atoms with Crippen LogP contribution in [0.5, 0.6) is 0 Å². The van der Waals surface area contributed by atoms with E-state index >= 15 is 0 Å². The number of carbonyl (C=O) groups excluding carboxylic acids is 1. The Hall–Kier alpha value is 0.130. The van der Waals surface area contributed by atoms with Crippen LogP contribution in [0.2, 0.25) is 0 Å². The highest BCUT2D eigenvalue weighted by Crippen LogP contribution is 2.46. The topological polar surface area (TPSA) is 104 Å². The lowest BCUT2D eigenvalue weighted by atomic mass is 10.5. The summed E-state index contributed by atoms with van der Waals surface area (Å²) in [7, 11) is 3.03. The molecule has 0 bridgehead atoms. The Morgan fingerprint density at radius 2 is 2.09 bits per heavy atom. The molecule has 2 N–H and O–H groups in total. The molecule has 0 heterocycles. The van der Waals surface area contributed by atoms with Gasteiger partial charge in [-0.25, -0.2) is 4.79 Å². The molecule has 0 radical (unpaired) electrons. The van der Waals surface area contributed by atoms with E-state index in [4.69, 9.17) is 20.9 Å². The van der Waals surface area contributed by atoms with Crippen LogP contribution in [0.25, 0.3) is 0 Å². The lowest BCUT2D eigenvalue weighted by Gasteiger charge is -2.17. The van der Waals surface area contributed by atoms with Gasteiger partial charge in [-0.05, 0) is 24.6 Å². The van der Waals surface area contributed by atoms with Gasteiger partial charge in [0.2, 0.25) is 5.88 Å². The first-order valence-electron chi connectivity index (χ1n) is 6.40. The highest BCUT2D eigenvalue weighted by Gasteiger charge is 2.15. The summed E-state index contributed by atoms with van der Waals surface area (Å²) >= 11 is 7.73. The number of oxime groups is 1. The average Bonchev–Trinajstić information content (AvgIpc) is 2.54. The SMILES string of the molecule is CCC(S)=NOC(=O)NC[S+]([O-])NCCCP(=S)(OC)OC. The first-order valence-corrected chi connectivity index (χ1v) is 11.0. The third-order valence-corrected chi connectivity index (χ3v) is 7.08. The normalized spacial score (nSPS) is 13.8. The molecule has 0 fully saturated rings. The van der Waals surface area contributed by atoms with Crippen molar-refractivity contribution in [3.05, 3.63) is 0 Å². The van der Waals surface area contributed by atoms with E-state index in [1.54, 1.807) is 0 Å². The van der Waals surface area contributed by atoms with Crippen LogP contribution < -0.4 is 10.0 Å². The molecule has 0 aromatic carbocycles. The quantitative estimate of drug-likeness (QED) is 0.0718. The predicted octanol–water partition coefficient (Wildman–Crippen LogP) is 1.57. The van der Waals surface area contributed by atoms with E-state index in [0.29, 0.717) is 30.6 Å². The minimum atomic E-state index is -2.21. The number of hydrogen-bond donors (Lipinski definition) is 3. The molecule has 0 aliphatic heterocycles. The molecule has 0 rings (SSSR count). The highest BCUT2D eigenvalue weighted by atomic mass is 32.5. The average molecular weight is 391 g/mol. The second-order valence-corrected chi connectivity index (χ2v) is 9.71. The van der Waals surface area contributed by atoms with Crippen LogP contribution in [0.4, 0.5) is 4.79 Å². The van der Waals surface area contributed by atoms with E-state index in [9.17, 15) is 9.35 Å². The molecule has 130 valence electrons. The van der Waals surface area contributed by atoms with Gasteiger partial charge in [0, 0.05) is 26.9 Å². The fourth-order valence-electron chi connectivity index (χ4n) is 1.08. The monoisotopic (exact) mass is 391 g/mol. The summed E-state index contributed by atoms with van der Waals surface area (Å²) in [5.41, 5.74) is 0. The maximum Gasteiger partial charge on any atom is 0.437 e. The number of amides is 1. The molecule has 0 aromatic rings. The number of hydrogen-bond acceptors (Lipinski definition) is 8. The van der Waals surface area contributed by atoms with Crippen molar-refractivity contribution in [2.75, 3.05) is 32.8 Å². The maximum atomic E-state index is 11.6. The molecule has 0 aliphatic rings.